The van der Waals surface area contributed by atoms with Crippen molar-refractivity contribution in [3.05, 3.63) is 29.3 Å². The molecular formula is C23H36N2O3. The first-order valence-electron chi connectivity index (χ1n) is 10.3. The second-order valence-corrected chi connectivity index (χ2v) is 9.53. The lowest BCUT2D eigenvalue weighted by molar-refractivity contribution is -0.107. The summed E-state index contributed by atoms with van der Waals surface area (Å²) in [6, 6.07) is 6.42. The second kappa shape index (κ2) is 8.54. The molecule has 5 nitrogen and oxygen atoms in total. The Labute approximate surface area is 170 Å². The standard InChI is InChI=1S/C23H36N2O3/c1-17(2)18-9-10-20(24(7)16-26)19(15-18)23(6)11-8-13-25(14-12-23)21(27)28-22(3,4)5/h9-10,15-17H,8,11-14H2,1-7H3. The number of anilines is 1. The second-order valence-electron chi connectivity index (χ2n) is 9.53. The first-order chi connectivity index (χ1) is 13.0. The summed E-state index contributed by atoms with van der Waals surface area (Å²) in [4.78, 5) is 27.5. The fraction of sp³-hybridized carbons (Fsp3) is 0.652. The Balaban J connectivity index is 2.32. The van der Waals surface area contributed by atoms with Gasteiger partial charge in [-0.2, -0.15) is 0 Å². The molecule has 28 heavy (non-hydrogen) atoms. The Morgan fingerprint density at radius 2 is 1.93 bits per heavy atom. The van der Waals surface area contributed by atoms with Crippen LogP contribution >= 0.6 is 0 Å². The largest absolute Gasteiger partial charge is 0.444 e. The monoisotopic (exact) mass is 388 g/mol. The molecule has 1 heterocycles. The number of benzene rings is 1. The van der Waals surface area contributed by atoms with E-state index in [1.807, 2.05) is 25.7 Å². The third kappa shape index (κ3) is 5.27. The van der Waals surface area contributed by atoms with Gasteiger partial charge in [-0.15, -0.1) is 0 Å². The number of hydrogen-bond acceptors (Lipinski definition) is 3. The molecule has 2 rings (SSSR count). The van der Waals surface area contributed by atoms with E-state index in [-0.39, 0.29) is 11.5 Å². The van der Waals surface area contributed by atoms with Crippen LogP contribution in [0.15, 0.2) is 18.2 Å². The first-order valence-corrected chi connectivity index (χ1v) is 10.3. The molecule has 1 atom stereocenters. The van der Waals surface area contributed by atoms with E-state index in [1.54, 1.807) is 11.9 Å². The van der Waals surface area contributed by atoms with Crippen molar-refractivity contribution >= 4 is 18.2 Å². The van der Waals surface area contributed by atoms with Crippen LogP contribution in [0.4, 0.5) is 10.5 Å². The van der Waals surface area contributed by atoms with E-state index in [0.717, 1.165) is 31.4 Å². The Morgan fingerprint density at radius 3 is 2.50 bits per heavy atom. The van der Waals surface area contributed by atoms with Crippen LogP contribution in [0.3, 0.4) is 0 Å². The molecule has 0 radical (unpaired) electrons. The molecule has 0 N–H and O–H groups in total. The van der Waals surface area contributed by atoms with E-state index >= 15 is 0 Å². The highest BCUT2D eigenvalue weighted by Gasteiger charge is 2.35. The number of hydrogen-bond donors (Lipinski definition) is 0. The highest BCUT2D eigenvalue weighted by Crippen LogP contribution is 2.41. The van der Waals surface area contributed by atoms with Crippen LogP contribution in [0.5, 0.6) is 0 Å². The van der Waals surface area contributed by atoms with E-state index in [4.69, 9.17) is 4.74 Å². The maximum absolute atomic E-state index is 12.5. The topological polar surface area (TPSA) is 49.9 Å². The minimum atomic E-state index is -0.488. The smallest absolute Gasteiger partial charge is 0.410 e. The summed E-state index contributed by atoms with van der Waals surface area (Å²) < 4.78 is 5.57. The number of amides is 2. The van der Waals surface area contributed by atoms with Crippen molar-refractivity contribution in [3.8, 4) is 0 Å². The zero-order chi connectivity index (χ0) is 21.1. The van der Waals surface area contributed by atoms with Gasteiger partial charge in [-0.25, -0.2) is 4.79 Å². The van der Waals surface area contributed by atoms with Crippen molar-refractivity contribution in [3.63, 3.8) is 0 Å². The van der Waals surface area contributed by atoms with Gasteiger partial charge < -0.3 is 14.5 Å². The Morgan fingerprint density at radius 1 is 1.25 bits per heavy atom. The third-order valence-electron chi connectivity index (χ3n) is 5.62. The number of nitrogens with zero attached hydrogens (tertiary/aromatic N) is 2. The van der Waals surface area contributed by atoms with Crippen molar-refractivity contribution in [1.29, 1.82) is 0 Å². The molecule has 5 heteroatoms. The van der Waals surface area contributed by atoms with Crippen LogP contribution in [0.25, 0.3) is 0 Å². The van der Waals surface area contributed by atoms with Crippen LogP contribution in [-0.4, -0.2) is 43.1 Å². The summed E-state index contributed by atoms with van der Waals surface area (Å²) in [6.45, 7) is 13.7. The number of carbonyl (C=O) groups excluding carboxylic acids is 2. The van der Waals surface area contributed by atoms with Crippen LogP contribution in [0.1, 0.15) is 77.8 Å². The van der Waals surface area contributed by atoms with Crippen molar-refractivity contribution in [2.45, 2.75) is 77.7 Å². The van der Waals surface area contributed by atoms with Gasteiger partial charge in [-0.05, 0) is 68.6 Å². The number of ether oxygens (including phenoxy) is 1. The predicted molar refractivity (Wildman–Crippen MR) is 114 cm³/mol. The Kier molecular flexibility index (Phi) is 6.79. The summed E-state index contributed by atoms with van der Waals surface area (Å²) in [5.74, 6) is 0.418. The quantitative estimate of drug-likeness (QED) is 0.676. The molecule has 1 fully saturated rings. The summed E-state index contributed by atoms with van der Waals surface area (Å²) in [6.07, 6.45) is 3.34. The fourth-order valence-electron chi connectivity index (χ4n) is 3.82. The van der Waals surface area contributed by atoms with Crippen LogP contribution < -0.4 is 4.90 Å². The lowest BCUT2D eigenvalue weighted by Crippen LogP contribution is -2.38. The molecule has 156 valence electrons. The highest BCUT2D eigenvalue weighted by atomic mass is 16.6. The number of carbonyl (C=O) groups is 2. The van der Waals surface area contributed by atoms with Gasteiger partial charge >= 0.3 is 6.09 Å². The van der Waals surface area contributed by atoms with Gasteiger partial charge in [0, 0.05) is 25.8 Å². The lowest BCUT2D eigenvalue weighted by Gasteiger charge is -2.33. The molecule has 1 saturated heterocycles. The molecule has 0 aliphatic carbocycles. The normalized spacial score (nSPS) is 20.6. The minimum Gasteiger partial charge on any atom is -0.444 e. The average molecular weight is 389 g/mol. The molecule has 1 aromatic carbocycles. The van der Waals surface area contributed by atoms with Gasteiger partial charge in [0.25, 0.3) is 0 Å². The molecule has 0 aromatic heterocycles. The highest BCUT2D eigenvalue weighted by molar-refractivity contribution is 5.77. The van der Waals surface area contributed by atoms with E-state index in [9.17, 15) is 9.59 Å². The summed E-state index contributed by atoms with van der Waals surface area (Å²) in [7, 11) is 1.80. The molecular weight excluding hydrogens is 352 g/mol. The summed E-state index contributed by atoms with van der Waals surface area (Å²) in [5.41, 5.74) is 2.83. The fourth-order valence-corrected chi connectivity index (χ4v) is 3.82. The van der Waals surface area contributed by atoms with Crippen molar-refractivity contribution < 1.29 is 14.3 Å². The molecule has 1 unspecified atom stereocenters. The van der Waals surface area contributed by atoms with Crippen molar-refractivity contribution in [2.24, 2.45) is 0 Å². The number of rotatable bonds is 4. The van der Waals surface area contributed by atoms with Crippen LogP contribution in [0, 0.1) is 0 Å². The summed E-state index contributed by atoms with van der Waals surface area (Å²) >= 11 is 0. The van der Waals surface area contributed by atoms with E-state index in [2.05, 4.69) is 39.0 Å². The first kappa shape index (κ1) is 22.3. The van der Waals surface area contributed by atoms with E-state index < -0.39 is 5.60 Å². The van der Waals surface area contributed by atoms with Gasteiger partial charge in [-0.3, -0.25) is 4.79 Å². The molecule has 2 amide bonds. The molecule has 0 spiro atoms. The zero-order valence-electron chi connectivity index (χ0n) is 18.5. The van der Waals surface area contributed by atoms with Crippen LogP contribution in [-0.2, 0) is 14.9 Å². The molecule has 0 bridgehead atoms. The van der Waals surface area contributed by atoms with Gasteiger partial charge in [0.1, 0.15) is 5.60 Å². The van der Waals surface area contributed by atoms with Gasteiger partial charge in [-0.1, -0.05) is 32.9 Å². The zero-order valence-corrected chi connectivity index (χ0v) is 18.5. The maximum Gasteiger partial charge on any atom is 0.410 e. The van der Waals surface area contributed by atoms with E-state index in [1.165, 1.54) is 11.1 Å². The third-order valence-corrected chi connectivity index (χ3v) is 5.62. The summed E-state index contributed by atoms with van der Waals surface area (Å²) in [5, 5.41) is 0. The Hall–Kier alpha value is -2.04. The van der Waals surface area contributed by atoms with Crippen molar-refractivity contribution in [2.75, 3.05) is 25.0 Å². The van der Waals surface area contributed by atoms with E-state index in [0.29, 0.717) is 19.0 Å². The van der Waals surface area contributed by atoms with Crippen molar-refractivity contribution in [1.82, 2.24) is 4.90 Å². The van der Waals surface area contributed by atoms with Gasteiger partial charge in [0.2, 0.25) is 6.41 Å². The molecule has 0 saturated carbocycles. The average Bonchev–Trinajstić information content (AvgIpc) is 2.82. The van der Waals surface area contributed by atoms with Crippen LogP contribution in [0.2, 0.25) is 0 Å². The van der Waals surface area contributed by atoms with Gasteiger partial charge in [0.05, 0.1) is 0 Å². The van der Waals surface area contributed by atoms with Gasteiger partial charge in [0.15, 0.2) is 0 Å². The Bertz CT molecular complexity index is 708. The maximum atomic E-state index is 12.5. The minimum absolute atomic E-state index is 0.103. The SMILES string of the molecule is CC(C)c1ccc(N(C)C=O)c(C2(C)CCCN(C(=O)OC(C)(C)C)CC2)c1. The predicted octanol–water partition coefficient (Wildman–Crippen LogP) is 5.08. The lowest BCUT2D eigenvalue weighted by atomic mass is 9.74. The molecule has 1 aliphatic heterocycles. The number of likely N-dealkylation sites (tertiary alicyclic amines) is 1. The molecule has 1 aromatic rings. The molecule has 1 aliphatic rings.